The molecular weight excluding hydrogens is 131 g/mol. The monoisotopic (exact) mass is 132 g/mol. The smallest absolute Gasteiger partial charge is 0.302 e. The Morgan fingerprint density at radius 3 is 1.67 bits per heavy atom. The van der Waals surface area contributed by atoms with Crippen molar-refractivity contribution in [3.63, 3.8) is 0 Å². The minimum atomic E-state index is -1.53. The second-order valence-corrected chi connectivity index (χ2v) is 0.842. The zero-order chi connectivity index (χ0) is 4.99. The van der Waals surface area contributed by atoms with E-state index in [0.717, 1.165) is 0 Å². The fourth-order valence-electron chi connectivity index (χ4n) is 0.0137. The van der Waals surface area contributed by atoms with E-state index in [9.17, 15) is 0 Å². The highest BCUT2D eigenvalue weighted by atomic mass is 35.5. The fourth-order valence-corrected chi connectivity index (χ4v) is 0.124. The molecule has 0 amide bonds. The van der Waals surface area contributed by atoms with Crippen molar-refractivity contribution < 1.29 is 13.7 Å². The van der Waals surface area contributed by atoms with E-state index >= 15 is 0 Å². The Balaban J connectivity index is 2.75. The third-order valence-electron chi connectivity index (χ3n) is 0.152. The van der Waals surface area contributed by atoms with Gasteiger partial charge in [-0.25, -0.2) is 8.58 Å². The van der Waals surface area contributed by atoms with Gasteiger partial charge >= 0.3 is 6.48 Å². The Labute approximate surface area is 44.7 Å². The third kappa shape index (κ3) is 2.68. The Morgan fingerprint density at radius 1 is 1.33 bits per heavy atom. The van der Waals surface area contributed by atoms with Gasteiger partial charge in [-0.05, 0) is 0 Å². The zero-order valence-corrected chi connectivity index (χ0v) is 4.11. The number of aliphatic hydroxyl groups excluding tert-OH is 1. The number of rotatable bonds is 2. The van der Waals surface area contributed by atoms with Gasteiger partial charge in [-0.15, -0.1) is 0 Å². The molecule has 6 heavy (non-hydrogen) atoms. The van der Waals surface area contributed by atoms with Crippen LogP contribution in [0.1, 0.15) is 0 Å². The number of hydrogen-bond donors (Lipinski definition) is 1. The first kappa shape index (κ1) is 6.46. The van der Waals surface area contributed by atoms with Crippen LogP contribution in [0.25, 0.3) is 0 Å². The summed E-state index contributed by atoms with van der Waals surface area (Å²) in [5, 5.41) is 7.96. The van der Waals surface area contributed by atoms with Crippen molar-refractivity contribution in [2.45, 2.75) is 6.48 Å². The van der Waals surface area contributed by atoms with Gasteiger partial charge in [0, 0.05) is 0 Å². The van der Waals surface area contributed by atoms with Gasteiger partial charge in [-0.3, -0.25) is 0 Å². The second-order valence-electron chi connectivity index (χ2n) is 0.485. The van der Waals surface area contributed by atoms with Gasteiger partial charge in [0.2, 0.25) is 0 Å². The van der Waals surface area contributed by atoms with E-state index in [1.165, 1.54) is 0 Å². The van der Waals surface area contributed by atoms with Crippen LogP contribution in [0, 0.1) is 0 Å². The predicted octanol–water partition coefficient (Wildman–Crippen LogP) is 0.603. The highest BCUT2D eigenvalue weighted by Gasteiger charge is 1.96. The maximum absolute atomic E-state index is 7.96. The molecule has 0 saturated carbocycles. The number of halogens is 2. The topological polar surface area (TPSA) is 38.7 Å². The van der Waals surface area contributed by atoms with E-state index in [4.69, 9.17) is 5.11 Å². The summed E-state index contributed by atoms with van der Waals surface area (Å²) in [5.74, 6) is 0. The van der Waals surface area contributed by atoms with E-state index in [1.54, 1.807) is 0 Å². The van der Waals surface area contributed by atoms with Crippen molar-refractivity contribution in [3.05, 3.63) is 0 Å². The molecule has 0 aliphatic rings. The van der Waals surface area contributed by atoms with E-state index in [2.05, 4.69) is 32.3 Å². The Kier molecular flexibility index (Phi) is 3.92. The standard InChI is InChI=1S/CH2Cl2O3/c2-5-1(4)6-3/h1,4H. The summed E-state index contributed by atoms with van der Waals surface area (Å²) in [6, 6.07) is 0. The molecule has 1 N–H and O–H groups in total. The van der Waals surface area contributed by atoms with Crippen LogP contribution in [0.3, 0.4) is 0 Å². The Bertz CT molecular complexity index is 28.0. The van der Waals surface area contributed by atoms with Crippen molar-refractivity contribution >= 4 is 23.7 Å². The molecule has 0 atom stereocenters. The molecule has 3 nitrogen and oxygen atoms in total. The molecule has 0 heterocycles. The van der Waals surface area contributed by atoms with Crippen LogP contribution in [0.2, 0.25) is 0 Å². The summed E-state index contributed by atoms with van der Waals surface area (Å²) in [6.07, 6.45) is 0. The highest BCUT2D eigenvalue weighted by molar-refractivity contribution is 6.08. The molecule has 0 bridgehead atoms. The minimum Gasteiger partial charge on any atom is -0.344 e. The minimum absolute atomic E-state index is 1.53. The van der Waals surface area contributed by atoms with Gasteiger partial charge in [0.25, 0.3) is 0 Å². The van der Waals surface area contributed by atoms with Crippen molar-refractivity contribution in [2.75, 3.05) is 0 Å². The number of aliphatic hydroxyl groups is 1. The lowest BCUT2D eigenvalue weighted by atomic mass is 11.4. The lowest BCUT2D eigenvalue weighted by Gasteiger charge is -1.95. The molecule has 0 aromatic carbocycles. The maximum atomic E-state index is 7.96. The van der Waals surface area contributed by atoms with Crippen molar-refractivity contribution in [1.29, 1.82) is 0 Å². The molecule has 0 fully saturated rings. The summed E-state index contributed by atoms with van der Waals surface area (Å²) < 4.78 is 7.15. The average molecular weight is 133 g/mol. The number of hydrogen-bond acceptors (Lipinski definition) is 3. The van der Waals surface area contributed by atoms with Crippen LogP contribution in [-0.2, 0) is 8.58 Å². The van der Waals surface area contributed by atoms with E-state index in [1.807, 2.05) is 0 Å². The van der Waals surface area contributed by atoms with E-state index in [-0.39, 0.29) is 0 Å². The molecular formula is CH2Cl2O3. The van der Waals surface area contributed by atoms with Gasteiger partial charge in [0.05, 0.1) is 23.7 Å². The quantitative estimate of drug-likeness (QED) is 0.560. The molecule has 0 radical (unpaired) electrons. The molecule has 0 saturated heterocycles. The van der Waals surface area contributed by atoms with Gasteiger partial charge in [0.1, 0.15) is 0 Å². The molecule has 5 heteroatoms. The van der Waals surface area contributed by atoms with Gasteiger partial charge in [0.15, 0.2) is 0 Å². The van der Waals surface area contributed by atoms with Crippen LogP contribution >= 0.6 is 23.7 Å². The van der Waals surface area contributed by atoms with Crippen LogP contribution in [0.15, 0.2) is 0 Å². The van der Waals surface area contributed by atoms with Gasteiger partial charge in [-0.1, -0.05) is 0 Å². The lowest BCUT2D eigenvalue weighted by Crippen LogP contribution is -2.03. The molecule has 0 aliphatic heterocycles. The summed E-state index contributed by atoms with van der Waals surface area (Å²) >= 11 is 8.99. The summed E-state index contributed by atoms with van der Waals surface area (Å²) in [4.78, 5) is 0. The molecule has 0 aromatic heterocycles. The van der Waals surface area contributed by atoms with Crippen molar-refractivity contribution in [1.82, 2.24) is 0 Å². The lowest BCUT2D eigenvalue weighted by molar-refractivity contribution is -0.153. The van der Waals surface area contributed by atoms with Gasteiger partial charge < -0.3 is 5.11 Å². The highest BCUT2D eigenvalue weighted by Crippen LogP contribution is 1.93. The SMILES string of the molecule is OC(OCl)OCl. The Morgan fingerprint density at radius 2 is 1.67 bits per heavy atom. The second kappa shape index (κ2) is 3.64. The van der Waals surface area contributed by atoms with Crippen molar-refractivity contribution in [3.8, 4) is 0 Å². The fraction of sp³-hybridized carbons (Fsp3) is 1.00. The predicted molar refractivity (Wildman–Crippen MR) is 19.9 cm³/mol. The summed E-state index contributed by atoms with van der Waals surface area (Å²) in [6.45, 7) is -1.53. The molecule has 0 aliphatic carbocycles. The van der Waals surface area contributed by atoms with Crippen molar-refractivity contribution in [2.24, 2.45) is 0 Å². The van der Waals surface area contributed by atoms with Gasteiger partial charge in [-0.2, -0.15) is 0 Å². The first-order valence-corrected chi connectivity index (χ1v) is 1.66. The van der Waals surface area contributed by atoms with Crippen LogP contribution in [0.5, 0.6) is 0 Å². The van der Waals surface area contributed by atoms with E-state index in [0.29, 0.717) is 0 Å². The zero-order valence-electron chi connectivity index (χ0n) is 2.60. The summed E-state index contributed by atoms with van der Waals surface area (Å²) in [7, 11) is 0. The maximum Gasteiger partial charge on any atom is 0.302 e. The third-order valence-corrected chi connectivity index (χ3v) is 0.457. The largest absolute Gasteiger partial charge is 0.344 e. The molecule has 0 rings (SSSR count). The molecule has 0 unspecified atom stereocenters. The first-order valence-electron chi connectivity index (χ1n) is 1.04. The molecule has 38 valence electrons. The molecule has 0 aromatic rings. The Hall–Kier alpha value is 0.460. The normalized spacial score (nSPS) is 10.0. The molecule has 0 spiro atoms. The first-order chi connectivity index (χ1) is 2.81. The van der Waals surface area contributed by atoms with Crippen LogP contribution in [0.4, 0.5) is 0 Å². The average Bonchev–Trinajstić information content (AvgIpc) is 1.65. The van der Waals surface area contributed by atoms with Crippen LogP contribution < -0.4 is 0 Å². The van der Waals surface area contributed by atoms with Crippen LogP contribution in [-0.4, -0.2) is 11.6 Å². The van der Waals surface area contributed by atoms with E-state index < -0.39 is 6.48 Å². The summed E-state index contributed by atoms with van der Waals surface area (Å²) in [5.41, 5.74) is 0.